The molecule has 0 amide bonds. The first-order valence-electron chi connectivity index (χ1n) is 4.82. The summed E-state index contributed by atoms with van der Waals surface area (Å²) in [6.45, 7) is 0.202. The normalized spacial score (nSPS) is 10.5. The molecular weight excluding hydrogens is 244 g/mol. The predicted molar refractivity (Wildman–Crippen MR) is 63.6 cm³/mol. The van der Waals surface area contributed by atoms with E-state index in [-0.39, 0.29) is 12.2 Å². The number of hydrogen-bond donors (Lipinski definition) is 2. The molecule has 2 rings (SSSR count). The zero-order chi connectivity index (χ0) is 12.4. The van der Waals surface area contributed by atoms with Crippen LogP contribution in [0, 0.1) is 0 Å². The summed E-state index contributed by atoms with van der Waals surface area (Å²) >= 11 is 5.98. The Morgan fingerprint density at radius 1 is 1.53 bits per heavy atom. The van der Waals surface area contributed by atoms with Crippen molar-refractivity contribution in [1.29, 1.82) is 0 Å². The molecule has 90 valence electrons. The second kappa shape index (κ2) is 4.56. The van der Waals surface area contributed by atoms with Crippen LogP contribution in [0.3, 0.4) is 0 Å². The van der Waals surface area contributed by atoms with Gasteiger partial charge in [0.2, 0.25) is 0 Å². The standard InChI is InChI=1S/C9H11ClN6O/c1-15-5-12-16(9(15)17)4-7-6(10)2-3-8(13-7)14-11/h2-3,5H,4,11H2,1H3,(H,13,14). The Bertz CT molecular complexity index is 589. The number of nitrogens with two attached hydrogens (primary N) is 1. The van der Waals surface area contributed by atoms with E-state index in [4.69, 9.17) is 17.4 Å². The van der Waals surface area contributed by atoms with Crippen molar-refractivity contribution in [3.63, 3.8) is 0 Å². The Hall–Kier alpha value is -1.86. The van der Waals surface area contributed by atoms with Crippen molar-refractivity contribution in [2.24, 2.45) is 12.9 Å². The number of hydrogen-bond acceptors (Lipinski definition) is 5. The summed E-state index contributed by atoms with van der Waals surface area (Å²) in [7, 11) is 1.62. The average Bonchev–Trinajstić information content (AvgIpc) is 2.64. The molecule has 0 spiro atoms. The summed E-state index contributed by atoms with van der Waals surface area (Å²) in [5.41, 5.74) is 2.72. The van der Waals surface area contributed by atoms with E-state index in [1.165, 1.54) is 15.6 Å². The molecule has 0 saturated carbocycles. The van der Waals surface area contributed by atoms with Crippen LogP contribution >= 0.6 is 11.6 Å². The van der Waals surface area contributed by atoms with Gasteiger partial charge in [-0.15, -0.1) is 0 Å². The van der Waals surface area contributed by atoms with Gasteiger partial charge in [-0.1, -0.05) is 11.6 Å². The number of aryl methyl sites for hydroxylation is 1. The topological polar surface area (TPSA) is 90.8 Å². The molecule has 0 bridgehead atoms. The van der Waals surface area contributed by atoms with Crippen molar-refractivity contribution in [2.45, 2.75) is 6.54 Å². The monoisotopic (exact) mass is 254 g/mol. The minimum Gasteiger partial charge on any atom is -0.308 e. The number of rotatable bonds is 3. The summed E-state index contributed by atoms with van der Waals surface area (Å²) < 4.78 is 2.65. The first-order chi connectivity index (χ1) is 8.11. The predicted octanol–water partition coefficient (Wildman–Crippen LogP) is -0.0359. The first kappa shape index (κ1) is 11.6. The number of nitrogen functional groups attached to an aromatic ring is 1. The second-order valence-electron chi connectivity index (χ2n) is 3.45. The highest BCUT2D eigenvalue weighted by atomic mass is 35.5. The van der Waals surface area contributed by atoms with Gasteiger partial charge in [-0.05, 0) is 12.1 Å². The molecule has 8 heteroatoms. The molecule has 0 aliphatic carbocycles. The van der Waals surface area contributed by atoms with E-state index in [1.807, 2.05) is 0 Å². The minimum absolute atomic E-state index is 0.202. The van der Waals surface area contributed by atoms with Crippen LogP contribution < -0.4 is 17.0 Å². The van der Waals surface area contributed by atoms with Gasteiger partial charge in [0.1, 0.15) is 12.1 Å². The zero-order valence-corrected chi connectivity index (χ0v) is 9.85. The van der Waals surface area contributed by atoms with Crippen molar-refractivity contribution in [1.82, 2.24) is 19.3 Å². The van der Waals surface area contributed by atoms with Crippen LogP contribution in [0.15, 0.2) is 23.3 Å². The van der Waals surface area contributed by atoms with Crippen LogP contribution in [-0.2, 0) is 13.6 Å². The number of aromatic nitrogens is 4. The number of anilines is 1. The Morgan fingerprint density at radius 2 is 2.29 bits per heavy atom. The maximum Gasteiger partial charge on any atom is 0.345 e. The van der Waals surface area contributed by atoms with Gasteiger partial charge in [-0.3, -0.25) is 4.57 Å². The van der Waals surface area contributed by atoms with Crippen LogP contribution in [0.5, 0.6) is 0 Å². The molecule has 0 atom stereocenters. The van der Waals surface area contributed by atoms with E-state index in [9.17, 15) is 4.79 Å². The van der Waals surface area contributed by atoms with E-state index >= 15 is 0 Å². The summed E-state index contributed by atoms with van der Waals surface area (Å²) in [5, 5.41) is 4.38. The molecule has 2 heterocycles. The van der Waals surface area contributed by atoms with Gasteiger partial charge < -0.3 is 5.43 Å². The lowest BCUT2D eigenvalue weighted by atomic mass is 10.3. The zero-order valence-electron chi connectivity index (χ0n) is 9.09. The van der Waals surface area contributed by atoms with E-state index in [1.54, 1.807) is 19.2 Å². The highest BCUT2D eigenvalue weighted by Crippen LogP contribution is 2.16. The third-order valence-electron chi connectivity index (χ3n) is 2.25. The fourth-order valence-electron chi connectivity index (χ4n) is 1.35. The summed E-state index contributed by atoms with van der Waals surface area (Å²) in [6, 6.07) is 3.31. The molecule has 0 saturated heterocycles. The summed E-state index contributed by atoms with van der Waals surface area (Å²) in [5.74, 6) is 5.73. The molecule has 2 aromatic rings. The maximum absolute atomic E-state index is 11.6. The third-order valence-corrected chi connectivity index (χ3v) is 2.60. The van der Waals surface area contributed by atoms with Crippen molar-refractivity contribution < 1.29 is 0 Å². The molecule has 3 N–H and O–H groups in total. The number of halogens is 1. The summed E-state index contributed by atoms with van der Waals surface area (Å²) in [4.78, 5) is 15.8. The maximum atomic E-state index is 11.6. The van der Waals surface area contributed by atoms with Crippen LogP contribution in [0.1, 0.15) is 5.69 Å². The highest BCUT2D eigenvalue weighted by Gasteiger charge is 2.08. The molecule has 0 aliphatic rings. The number of pyridine rings is 1. The molecule has 17 heavy (non-hydrogen) atoms. The SMILES string of the molecule is Cn1cnn(Cc2nc(NN)ccc2Cl)c1=O. The average molecular weight is 255 g/mol. The van der Waals surface area contributed by atoms with E-state index in [2.05, 4.69) is 15.5 Å². The quantitative estimate of drug-likeness (QED) is 0.593. The molecule has 0 unspecified atom stereocenters. The van der Waals surface area contributed by atoms with Crippen molar-refractivity contribution in [3.8, 4) is 0 Å². The fourth-order valence-corrected chi connectivity index (χ4v) is 1.51. The Labute approximate surface area is 102 Å². The van der Waals surface area contributed by atoms with Crippen molar-refractivity contribution in [3.05, 3.63) is 39.7 Å². The smallest absolute Gasteiger partial charge is 0.308 e. The summed E-state index contributed by atoms with van der Waals surface area (Å²) in [6.07, 6.45) is 1.43. The molecule has 2 aromatic heterocycles. The number of nitrogens with zero attached hydrogens (tertiary/aromatic N) is 4. The highest BCUT2D eigenvalue weighted by molar-refractivity contribution is 6.31. The molecule has 7 nitrogen and oxygen atoms in total. The van der Waals surface area contributed by atoms with Crippen LogP contribution in [0.2, 0.25) is 5.02 Å². The first-order valence-corrected chi connectivity index (χ1v) is 5.20. The van der Waals surface area contributed by atoms with Gasteiger partial charge >= 0.3 is 5.69 Å². The lowest BCUT2D eigenvalue weighted by Crippen LogP contribution is -2.24. The second-order valence-corrected chi connectivity index (χ2v) is 3.86. The molecule has 0 aliphatic heterocycles. The van der Waals surface area contributed by atoms with Crippen molar-refractivity contribution in [2.75, 3.05) is 5.43 Å². The Kier molecular flexibility index (Phi) is 3.12. The van der Waals surface area contributed by atoms with Gasteiger partial charge in [0.15, 0.2) is 0 Å². The van der Waals surface area contributed by atoms with Gasteiger partial charge in [0.25, 0.3) is 0 Å². The molecular formula is C9H11ClN6O. The van der Waals surface area contributed by atoms with Crippen LogP contribution in [0.4, 0.5) is 5.82 Å². The van der Waals surface area contributed by atoms with Gasteiger partial charge in [0.05, 0.1) is 17.3 Å². The Balaban J connectivity index is 2.35. The molecule has 0 aromatic carbocycles. The number of hydrazine groups is 1. The van der Waals surface area contributed by atoms with Gasteiger partial charge in [-0.2, -0.15) is 5.10 Å². The lowest BCUT2D eigenvalue weighted by Gasteiger charge is -2.05. The van der Waals surface area contributed by atoms with E-state index in [0.717, 1.165) is 0 Å². The van der Waals surface area contributed by atoms with Gasteiger partial charge in [0, 0.05) is 7.05 Å². The number of nitrogens with one attached hydrogen (secondary N) is 1. The third kappa shape index (κ3) is 2.29. The molecule has 0 fully saturated rings. The van der Waals surface area contributed by atoms with E-state index in [0.29, 0.717) is 16.5 Å². The van der Waals surface area contributed by atoms with Gasteiger partial charge in [-0.25, -0.2) is 20.3 Å². The van der Waals surface area contributed by atoms with E-state index < -0.39 is 0 Å². The van der Waals surface area contributed by atoms with Crippen molar-refractivity contribution >= 4 is 17.4 Å². The van der Waals surface area contributed by atoms with Crippen LogP contribution in [0.25, 0.3) is 0 Å². The largest absolute Gasteiger partial charge is 0.345 e. The Morgan fingerprint density at radius 3 is 2.88 bits per heavy atom. The molecule has 0 radical (unpaired) electrons. The minimum atomic E-state index is -0.228. The van der Waals surface area contributed by atoms with Crippen LogP contribution in [-0.4, -0.2) is 19.3 Å². The lowest BCUT2D eigenvalue weighted by molar-refractivity contribution is 0.636. The fraction of sp³-hybridized carbons (Fsp3) is 0.222.